The van der Waals surface area contributed by atoms with Crippen molar-refractivity contribution in [3.63, 3.8) is 0 Å². The normalized spacial score (nSPS) is 18.9. The number of hydrogen-bond acceptors (Lipinski definition) is 10. The molecule has 4 rings (SSSR count). The van der Waals surface area contributed by atoms with E-state index in [1.807, 2.05) is 12.1 Å². The first kappa shape index (κ1) is 35.3. The van der Waals surface area contributed by atoms with Crippen LogP contribution in [0.5, 0.6) is 0 Å². The van der Waals surface area contributed by atoms with Crippen LogP contribution in [0.4, 0.5) is 0 Å². The Morgan fingerprint density at radius 1 is 1.02 bits per heavy atom. The van der Waals surface area contributed by atoms with E-state index in [0.717, 1.165) is 15.7 Å². The zero-order valence-corrected chi connectivity index (χ0v) is 26.9. The smallest absolute Gasteiger partial charge is 0.342 e. The molecule has 1 aliphatic rings. The number of nitrogens with one attached hydrogen (secondary N) is 3. The molecule has 0 radical (unpaired) electrons. The topological polar surface area (TPSA) is 216 Å². The molecule has 0 saturated carbocycles. The average Bonchev–Trinajstić information content (AvgIpc) is 3.46. The monoisotopic (exact) mass is 669 g/mol. The summed E-state index contributed by atoms with van der Waals surface area (Å²) in [5, 5.41) is 8.97. The van der Waals surface area contributed by atoms with Crippen LogP contribution in [-0.4, -0.2) is 52.3 Å². The molecule has 3 N–H and O–H groups in total. The van der Waals surface area contributed by atoms with Gasteiger partial charge in [0.25, 0.3) is 5.56 Å². The fourth-order valence-corrected chi connectivity index (χ4v) is 6.45. The Hall–Kier alpha value is -4.56. The molecule has 3 aromatic rings. The highest BCUT2D eigenvalue weighted by Crippen LogP contribution is 2.41. The van der Waals surface area contributed by atoms with E-state index in [4.69, 9.17) is 24.3 Å². The van der Waals surface area contributed by atoms with Gasteiger partial charge in [-0.2, -0.15) is 0 Å². The Morgan fingerprint density at radius 2 is 1.55 bits per heavy atom. The van der Waals surface area contributed by atoms with E-state index in [2.05, 4.69) is 25.2 Å². The van der Waals surface area contributed by atoms with Gasteiger partial charge in [0.15, 0.2) is 0 Å². The molecule has 0 unspecified atom stereocenters. The molecule has 1 fully saturated rings. The SMILES string of the molecule is Cc1cn([C@H]2C[C@H](N=[N+]=[N-])[C@@H](COP(=O)(N[C@H](C)C(=O)OCc3ccccc3)N[C@H](C)C(=O)OCc3ccccc3)O2)c(=O)[nH]c1=O. The highest BCUT2D eigenvalue weighted by atomic mass is 31.2. The number of azide groups is 1. The lowest BCUT2D eigenvalue weighted by Crippen LogP contribution is -2.43. The summed E-state index contributed by atoms with van der Waals surface area (Å²) in [6.07, 6.45) is -0.588. The maximum Gasteiger partial charge on any atom is 0.342 e. The molecular formula is C30H36N7O9P. The number of rotatable bonds is 15. The van der Waals surface area contributed by atoms with Crippen molar-refractivity contribution in [2.75, 3.05) is 6.61 Å². The van der Waals surface area contributed by atoms with Crippen LogP contribution in [0.3, 0.4) is 0 Å². The molecule has 16 nitrogen and oxygen atoms in total. The van der Waals surface area contributed by atoms with E-state index in [-0.39, 0.29) is 25.2 Å². The number of aromatic nitrogens is 2. The lowest BCUT2D eigenvalue weighted by atomic mass is 10.1. The van der Waals surface area contributed by atoms with Crippen LogP contribution < -0.4 is 21.4 Å². The third-order valence-electron chi connectivity index (χ3n) is 7.16. The second-order valence-electron chi connectivity index (χ2n) is 10.9. The Morgan fingerprint density at radius 3 is 2.06 bits per heavy atom. The fourth-order valence-electron chi connectivity index (χ4n) is 4.64. The average molecular weight is 670 g/mol. The molecule has 2 aromatic carbocycles. The highest BCUT2D eigenvalue weighted by Gasteiger charge is 2.40. The molecule has 5 atom stereocenters. The van der Waals surface area contributed by atoms with Gasteiger partial charge in [0.05, 0.1) is 18.8 Å². The van der Waals surface area contributed by atoms with Gasteiger partial charge in [-0.15, -0.1) is 0 Å². The Bertz CT molecular complexity index is 1680. The van der Waals surface area contributed by atoms with E-state index >= 15 is 0 Å². The molecule has 1 aromatic heterocycles. The lowest BCUT2D eigenvalue weighted by Gasteiger charge is -2.27. The molecule has 250 valence electrons. The van der Waals surface area contributed by atoms with Crippen molar-refractivity contribution >= 4 is 19.6 Å². The van der Waals surface area contributed by atoms with E-state index in [1.54, 1.807) is 48.5 Å². The van der Waals surface area contributed by atoms with Gasteiger partial charge in [-0.05, 0) is 37.4 Å². The van der Waals surface area contributed by atoms with E-state index in [9.17, 15) is 23.7 Å². The number of benzene rings is 2. The van der Waals surface area contributed by atoms with Crippen molar-refractivity contribution in [2.24, 2.45) is 5.11 Å². The Balaban J connectivity index is 1.48. The number of hydrogen-bond donors (Lipinski definition) is 3. The predicted octanol–water partition coefficient (Wildman–Crippen LogP) is 3.38. The molecule has 0 amide bonds. The quantitative estimate of drug-likeness (QED) is 0.0701. The number of carbonyl (C=O) groups excluding carboxylic acids is 2. The summed E-state index contributed by atoms with van der Waals surface area (Å²) in [5.74, 6) is -1.48. The van der Waals surface area contributed by atoms with E-state index in [0.29, 0.717) is 0 Å². The molecule has 0 spiro atoms. The molecule has 0 bridgehead atoms. The van der Waals surface area contributed by atoms with Crippen molar-refractivity contribution in [1.29, 1.82) is 0 Å². The van der Waals surface area contributed by atoms with Crippen molar-refractivity contribution in [2.45, 2.75) is 70.9 Å². The van der Waals surface area contributed by atoms with Gasteiger partial charge < -0.3 is 18.7 Å². The Labute approximate surface area is 269 Å². The minimum atomic E-state index is -4.28. The zero-order chi connectivity index (χ0) is 34.0. The summed E-state index contributed by atoms with van der Waals surface area (Å²) in [6.45, 7) is 3.84. The van der Waals surface area contributed by atoms with Crippen LogP contribution in [0.15, 0.2) is 81.6 Å². The third kappa shape index (κ3) is 9.96. The summed E-state index contributed by atoms with van der Waals surface area (Å²) < 4.78 is 37.8. The fraction of sp³-hybridized carbons (Fsp3) is 0.400. The van der Waals surface area contributed by atoms with Crippen molar-refractivity contribution in [3.8, 4) is 0 Å². The maximum absolute atomic E-state index is 14.2. The van der Waals surface area contributed by atoms with Gasteiger partial charge in [0, 0.05) is 23.1 Å². The van der Waals surface area contributed by atoms with Crippen LogP contribution in [-0.2, 0) is 46.1 Å². The number of nitrogens with zero attached hydrogens (tertiary/aromatic N) is 4. The molecule has 1 saturated heterocycles. The van der Waals surface area contributed by atoms with Gasteiger partial charge in [-0.25, -0.2) is 15.0 Å². The third-order valence-corrected chi connectivity index (χ3v) is 9.13. The number of esters is 2. The van der Waals surface area contributed by atoms with Gasteiger partial charge >= 0.3 is 25.3 Å². The standard InChI is InChI=1S/C30H36N7O9P/c1-19-15-37(30(41)32-27(19)38)26-14-24(33-36-31)25(46-26)18-45-47(42,34-20(2)28(39)43-16-22-10-6-4-7-11-22)35-21(3)29(40)44-17-23-12-8-5-9-13-23/h4-13,15,20-21,24-26H,14,16-18H2,1-3H3,(H,32,38,41)(H2,34,35,42)/t20-,21-,24+,25-,26-/m1/s1. The summed E-state index contributed by atoms with van der Waals surface area (Å²) >= 11 is 0. The lowest BCUT2D eigenvalue weighted by molar-refractivity contribution is -0.147. The predicted molar refractivity (Wildman–Crippen MR) is 169 cm³/mol. The summed E-state index contributed by atoms with van der Waals surface area (Å²) in [6, 6.07) is 14.7. The van der Waals surface area contributed by atoms with Gasteiger partial charge in [-0.1, -0.05) is 65.8 Å². The minimum Gasteiger partial charge on any atom is -0.460 e. The van der Waals surface area contributed by atoms with E-state index in [1.165, 1.54) is 27.0 Å². The van der Waals surface area contributed by atoms with Crippen LogP contribution in [0.1, 0.15) is 43.2 Å². The van der Waals surface area contributed by atoms with Crippen LogP contribution in [0.2, 0.25) is 0 Å². The number of aromatic amines is 1. The molecule has 1 aliphatic heterocycles. The molecule has 2 heterocycles. The molecule has 17 heteroatoms. The maximum atomic E-state index is 14.2. The first-order valence-corrected chi connectivity index (χ1v) is 16.3. The van der Waals surface area contributed by atoms with Crippen molar-refractivity contribution < 1.29 is 32.9 Å². The molecule has 47 heavy (non-hydrogen) atoms. The number of H-pyrrole nitrogens is 1. The van der Waals surface area contributed by atoms with Gasteiger partial charge in [0.1, 0.15) is 31.5 Å². The second-order valence-corrected chi connectivity index (χ2v) is 12.7. The molecular weight excluding hydrogens is 633 g/mol. The number of aryl methyl sites for hydroxylation is 1. The summed E-state index contributed by atoms with van der Waals surface area (Å²) in [4.78, 5) is 55.0. The zero-order valence-electron chi connectivity index (χ0n) is 26.0. The first-order chi connectivity index (χ1) is 22.5. The van der Waals surface area contributed by atoms with Crippen LogP contribution in [0.25, 0.3) is 10.4 Å². The number of carbonyl (C=O) groups is 2. The van der Waals surface area contributed by atoms with Crippen LogP contribution in [0, 0.1) is 6.92 Å². The Kier molecular flexibility index (Phi) is 12.3. The molecule has 0 aliphatic carbocycles. The largest absolute Gasteiger partial charge is 0.460 e. The number of ether oxygens (including phenoxy) is 3. The van der Waals surface area contributed by atoms with Crippen molar-refractivity contribution in [1.82, 2.24) is 19.7 Å². The second kappa shape index (κ2) is 16.3. The van der Waals surface area contributed by atoms with E-state index < -0.39 is 67.9 Å². The minimum absolute atomic E-state index is 0.0266. The van der Waals surface area contributed by atoms with Gasteiger partial charge in [0.2, 0.25) is 0 Å². The summed E-state index contributed by atoms with van der Waals surface area (Å²) in [5.41, 5.74) is 9.62. The summed E-state index contributed by atoms with van der Waals surface area (Å²) in [7, 11) is -4.28. The van der Waals surface area contributed by atoms with Crippen LogP contribution >= 0.6 is 7.67 Å². The first-order valence-electron chi connectivity index (χ1n) is 14.7. The van der Waals surface area contributed by atoms with Gasteiger partial charge in [-0.3, -0.25) is 28.5 Å². The highest BCUT2D eigenvalue weighted by molar-refractivity contribution is 7.54. The van der Waals surface area contributed by atoms with Crippen molar-refractivity contribution in [3.05, 3.63) is 115 Å².